The van der Waals surface area contributed by atoms with Crippen LogP contribution in [-0.4, -0.2) is 0 Å². The molecule has 0 aromatic carbocycles. The fraction of sp³-hybridized carbons (Fsp3) is 0.900. The van der Waals surface area contributed by atoms with E-state index in [2.05, 4.69) is 39.8 Å². The molecule has 2 saturated carbocycles. The minimum atomic E-state index is 0.946. The summed E-state index contributed by atoms with van der Waals surface area (Å²) in [5.41, 5.74) is 0. The highest BCUT2D eigenvalue weighted by Crippen LogP contribution is 2.46. The Balaban J connectivity index is 1.78. The maximum Gasteiger partial charge on any atom is -0.0348 e. The van der Waals surface area contributed by atoms with Crippen molar-refractivity contribution in [2.45, 2.75) is 79.1 Å². The molecular formula is C20H36. The third-order valence-electron chi connectivity index (χ3n) is 6.83. The van der Waals surface area contributed by atoms with Crippen molar-refractivity contribution < 1.29 is 0 Å². The fourth-order valence-corrected chi connectivity index (χ4v) is 4.96. The molecule has 20 heavy (non-hydrogen) atoms. The summed E-state index contributed by atoms with van der Waals surface area (Å²) < 4.78 is 0. The monoisotopic (exact) mass is 276 g/mol. The zero-order chi connectivity index (χ0) is 14.5. The van der Waals surface area contributed by atoms with Crippen LogP contribution < -0.4 is 0 Å². The minimum absolute atomic E-state index is 0.946. The standard InChI is InChI=1S/C20H36/c1-5-6-7-8-18-10-12-19(13-11-18)20-14-9-15(2)16(3)17(20)4/h5-6,15-20H,7-14H2,1-4H3/b6-5+. The Bertz CT molecular complexity index is 295. The molecule has 0 aliphatic heterocycles. The van der Waals surface area contributed by atoms with E-state index in [1.54, 1.807) is 0 Å². The highest BCUT2D eigenvalue weighted by atomic mass is 14.4. The van der Waals surface area contributed by atoms with Gasteiger partial charge < -0.3 is 0 Å². The SMILES string of the molecule is C/C=C/CCC1CCC(C2CCC(C)C(C)C2C)CC1. The molecule has 0 aromatic heterocycles. The van der Waals surface area contributed by atoms with Gasteiger partial charge in [-0.05, 0) is 74.5 Å². The van der Waals surface area contributed by atoms with Gasteiger partial charge in [-0.25, -0.2) is 0 Å². The molecule has 2 fully saturated rings. The van der Waals surface area contributed by atoms with Gasteiger partial charge in [0, 0.05) is 0 Å². The van der Waals surface area contributed by atoms with Crippen LogP contribution in [0.4, 0.5) is 0 Å². The predicted molar refractivity (Wildman–Crippen MR) is 89.7 cm³/mol. The van der Waals surface area contributed by atoms with Crippen molar-refractivity contribution in [3.05, 3.63) is 12.2 Å². The largest absolute Gasteiger partial charge is 0.0917 e. The predicted octanol–water partition coefficient (Wildman–Crippen LogP) is 6.47. The van der Waals surface area contributed by atoms with Crippen LogP contribution in [0, 0.1) is 35.5 Å². The number of hydrogen-bond acceptors (Lipinski definition) is 0. The Hall–Kier alpha value is -0.260. The molecule has 4 unspecified atom stereocenters. The van der Waals surface area contributed by atoms with E-state index in [4.69, 9.17) is 0 Å². The third-order valence-corrected chi connectivity index (χ3v) is 6.83. The van der Waals surface area contributed by atoms with Crippen molar-refractivity contribution in [1.82, 2.24) is 0 Å². The Morgan fingerprint density at radius 2 is 1.55 bits per heavy atom. The molecule has 0 aromatic rings. The van der Waals surface area contributed by atoms with Crippen LogP contribution in [-0.2, 0) is 0 Å². The van der Waals surface area contributed by atoms with Crippen LogP contribution in [0.2, 0.25) is 0 Å². The Labute approximate surface area is 127 Å². The van der Waals surface area contributed by atoms with Gasteiger partial charge in [0.15, 0.2) is 0 Å². The lowest BCUT2D eigenvalue weighted by molar-refractivity contribution is 0.0573. The molecule has 0 amide bonds. The molecule has 116 valence electrons. The molecule has 4 atom stereocenters. The van der Waals surface area contributed by atoms with Crippen molar-refractivity contribution in [3.63, 3.8) is 0 Å². The average molecular weight is 277 g/mol. The summed E-state index contributed by atoms with van der Waals surface area (Å²) in [7, 11) is 0. The summed E-state index contributed by atoms with van der Waals surface area (Å²) in [6, 6.07) is 0. The second-order valence-electron chi connectivity index (χ2n) is 7.86. The summed E-state index contributed by atoms with van der Waals surface area (Å²) in [5.74, 6) is 5.98. The Morgan fingerprint density at radius 1 is 0.850 bits per heavy atom. The molecule has 2 rings (SSSR count). The lowest BCUT2D eigenvalue weighted by Gasteiger charge is -2.44. The van der Waals surface area contributed by atoms with Crippen molar-refractivity contribution in [1.29, 1.82) is 0 Å². The van der Waals surface area contributed by atoms with Crippen LogP contribution in [0.1, 0.15) is 79.1 Å². The van der Waals surface area contributed by atoms with E-state index in [1.165, 1.54) is 51.4 Å². The molecule has 2 aliphatic rings. The van der Waals surface area contributed by atoms with Crippen molar-refractivity contribution >= 4 is 0 Å². The molecule has 0 N–H and O–H groups in total. The van der Waals surface area contributed by atoms with Gasteiger partial charge in [0.05, 0.1) is 0 Å². The number of hydrogen-bond donors (Lipinski definition) is 0. The zero-order valence-corrected chi connectivity index (χ0v) is 14.3. The molecular weight excluding hydrogens is 240 g/mol. The molecule has 0 heterocycles. The first-order chi connectivity index (χ1) is 9.63. The van der Waals surface area contributed by atoms with E-state index in [0.717, 1.165) is 35.5 Å². The minimum Gasteiger partial charge on any atom is -0.0917 e. The zero-order valence-electron chi connectivity index (χ0n) is 14.3. The summed E-state index contributed by atoms with van der Waals surface area (Å²) in [4.78, 5) is 0. The van der Waals surface area contributed by atoms with Gasteiger partial charge in [-0.2, -0.15) is 0 Å². The van der Waals surface area contributed by atoms with Gasteiger partial charge in [0.25, 0.3) is 0 Å². The molecule has 0 heteroatoms. The highest BCUT2D eigenvalue weighted by Gasteiger charge is 2.37. The van der Waals surface area contributed by atoms with E-state index in [-0.39, 0.29) is 0 Å². The molecule has 2 aliphatic carbocycles. The van der Waals surface area contributed by atoms with Crippen LogP contribution in [0.5, 0.6) is 0 Å². The summed E-state index contributed by atoms with van der Waals surface area (Å²) >= 11 is 0. The molecule has 0 nitrogen and oxygen atoms in total. The van der Waals surface area contributed by atoms with Crippen LogP contribution in [0.25, 0.3) is 0 Å². The number of allylic oxidation sites excluding steroid dienone is 2. The van der Waals surface area contributed by atoms with Gasteiger partial charge in [0.1, 0.15) is 0 Å². The Kier molecular flexibility index (Phi) is 6.18. The van der Waals surface area contributed by atoms with E-state index in [0.29, 0.717) is 0 Å². The van der Waals surface area contributed by atoms with Gasteiger partial charge in [-0.1, -0.05) is 52.2 Å². The van der Waals surface area contributed by atoms with E-state index >= 15 is 0 Å². The topological polar surface area (TPSA) is 0 Å². The molecule has 0 bridgehead atoms. The first-order valence-corrected chi connectivity index (χ1v) is 9.24. The summed E-state index contributed by atoms with van der Waals surface area (Å²) in [6.07, 6.45) is 16.4. The van der Waals surface area contributed by atoms with E-state index < -0.39 is 0 Å². The van der Waals surface area contributed by atoms with Crippen LogP contribution in [0.3, 0.4) is 0 Å². The van der Waals surface area contributed by atoms with Gasteiger partial charge in [-0.3, -0.25) is 0 Å². The molecule has 0 radical (unpaired) electrons. The quantitative estimate of drug-likeness (QED) is 0.516. The first-order valence-electron chi connectivity index (χ1n) is 9.24. The normalized spacial score (nSPS) is 43.0. The van der Waals surface area contributed by atoms with E-state index in [9.17, 15) is 0 Å². The molecule has 0 saturated heterocycles. The van der Waals surface area contributed by atoms with Crippen LogP contribution >= 0.6 is 0 Å². The highest BCUT2D eigenvalue weighted by molar-refractivity contribution is 4.88. The van der Waals surface area contributed by atoms with Gasteiger partial charge in [0.2, 0.25) is 0 Å². The maximum atomic E-state index is 2.54. The summed E-state index contributed by atoms with van der Waals surface area (Å²) in [6.45, 7) is 9.66. The lowest BCUT2D eigenvalue weighted by Crippen LogP contribution is -2.35. The van der Waals surface area contributed by atoms with Gasteiger partial charge >= 0.3 is 0 Å². The third kappa shape index (κ3) is 3.89. The number of rotatable bonds is 4. The summed E-state index contributed by atoms with van der Waals surface area (Å²) in [5, 5.41) is 0. The van der Waals surface area contributed by atoms with Crippen molar-refractivity contribution in [2.75, 3.05) is 0 Å². The van der Waals surface area contributed by atoms with Crippen molar-refractivity contribution in [2.24, 2.45) is 35.5 Å². The second-order valence-corrected chi connectivity index (χ2v) is 7.86. The maximum absolute atomic E-state index is 2.54. The Morgan fingerprint density at radius 3 is 2.20 bits per heavy atom. The molecule has 0 spiro atoms. The average Bonchev–Trinajstić information content (AvgIpc) is 2.46. The van der Waals surface area contributed by atoms with E-state index in [1.807, 2.05) is 0 Å². The van der Waals surface area contributed by atoms with Crippen LogP contribution in [0.15, 0.2) is 12.2 Å². The van der Waals surface area contributed by atoms with Crippen molar-refractivity contribution in [3.8, 4) is 0 Å². The first kappa shape index (κ1) is 16.1. The lowest BCUT2D eigenvalue weighted by atomic mass is 9.61. The smallest absolute Gasteiger partial charge is 0.0348 e. The fourth-order valence-electron chi connectivity index (χ4n) is 4.96. The second kappa shape index (κ2) is 7.66. The van der Waals surface area contributed by atoms with Gasteiger partial charge in [-0.15, -0.1) is 0 Å².